The molecule has 4 heteroatoms. The van der Waals surface area contributed by atoms with Gasteiger partial charge in [0.2, 0.25) is 0 Å². The lowest BCUT2D eigenvalue weighted by Gasteiger charge is -2.19. The zero-order chi connectivity index (χ0) is 12.6. The fourth-order valence-corrected chi connectivity index (χ4v) is 2.87. The maximum atomic E-state index is 11.9. The van der Waals surface area contributed by atoms with Crippen LogP contribution in [0.25, 0.3) is 0 Å². The lowest BCUT2D eigenvalue weighted by atomic mass is 10.2. The second kappa shape index (κ2) is 4.18. The van der Waals surface area contributed by atoms with Gasteiger partial charge in [0.05, 0.1) is 10.5 Å². The van der Waals surface area contributed by atoms with Gasteiger partial charge in [0.25, 0.3) is 10.1 Å². The molecule has 0 aliphatic carbocycles. The van der Waals surface area contributed by atoms with Gasteiger partial charge in [0, 0.05) is 0 Å². The van der Waals surface area contributed by atoms with E-state index in [-0.39, 0.29) is 4.90 Å². The Morgan fingerprint density at radius 2 is 1.44 bits per heavy atom. The first-order chi connectivity index (χ1) is 7.10. The van der Waals surface area contributed by atoms with E-state index in [9.17, 15) is 8.42 Å². The Morgan fingerprint density at radius 1 is 1.00 bits per heavy atom. The van der Waals surface area contributed by atoms with Crippen molar-refractivity contribution in [2.45, 2.75) is 45.1 Å². The lowest BCUT2D eigenvalue weighted by molar-refractivity contribution is 0.139. The summed E-state index contributed by atoms with van der Waals surface area (Å²) in [5.41, 5.74) is 1.11. The molecule has 1 aromatic rings. The predicted molar refractivity (Wildman–Crippen MR) is 63.9 cm³/mol. The zero-order valence-electron chi connectivity index (χ0n) is 10.4. The maximum absolute atomic E-state index is 11.9. The summed E-state index contributed by atoms with van der Waals surface area (Å²) in [6.45, 7) is 8.87. The molecule has 0 aromatic heterocycles. The molecule has 0 amide bonds. The molecule has 0 radical (unpaired) electrons. The van der Waals surface area contributed by atoms with E-state index in [0.717, 1.165) is 11.1 Å². The van der Waals surface area contributed by atoms with Gasteiger partial charge in [-0.3, -0.25) is 4.18 Å². The van der Waals surface area contributed by atoms with Gasteiger partial charge in [-0.2, -0.15) is 8.42 Å². The molecular formula is C12H18O3S. The van der Waals surface area contributed by atoms with Crippen LogP contribution >= 0.6 is 0 Å². The van der Waals surface area contributed by atoms with Crippen molar-refractivity contribution in [3.8, 4) is 0 Å². The lowest BCUT2D eigenvalue weighted by Crippen LogP contribution is -2.24. The van der Waals surface area contributed by atoms with Crippen molar-refractivity contribution in [3.05, 3.63) is 29.3 Å². The van der Waals surface area contributed by atoms with Gasteiger partial charge in [-0.1, -0.05) is 6.07 Å². The summed E-state index contributed by atoms with van der Waals surface area (Å²) in [6, 6.07) is 5.16. The molecule has 0 spiro atoms. The Hall–Kier alpha value is -0.870. The number of hydrogen-bond acceptors (Lipinski definition) is 3. The van der Waals surface area contributed by atoms with Crippen LogP contribution in [0, 0.1) is 13.8 Å². The highest BCUT2D eigenvalue weighted by atomic mass is 32.2. The van der Waals surface area contributed by atoms with Gasteiger partial charge in [-0.15, -0.1) is 0 Å². The van der Waals surface area contributed by atoms with Crippen LogP contribution in [0.4, 0.5) is 0 Å². The largest absolute Gasteiger partial charge is 0.297 e. The molecule has 0 fully saturated rings. The topological polar surface area (TPSA) is 43.4 Å². The van der Waals surface area contributed by atoms with Crippen LogP contribution in [0.1, 0.15) is 31.9 Å². The average Bonchev–Trinajstić information content (AvgIpc) is 1.96. The minimum atomic E-state index is -3.66. The molecule has 0 unspecified atom stereocenters. The minimum absolute atomic E-state index is 0.222. The van der Waals surface area contributed by atoms with E-state index in [2.05, 4.69) is 0 Å². The molecule has 0 N–H and O–H groups in total. The number of aryl methyl sites for hydroxylation is 2. The molecule has 0 saturated carbocycles. The SMILES string of the molecule is Cc1cc(C)cc(S(=O)(=O)OC(C)(C)C)c1. The maximum Gasteiger partial charge on any atom is 0.297 e. The first-order valence-electron chi connectivity index (χ1n) is 5.14. The quantitative estimate of drug-likeness (QED) is 0.749. The third-order valence-electron chi connectivity index (χ3n) is 1.84. The molecule has 1 rings (SSSR count). The summed E-state index contributed by atoms with van der Waals surface area (Å²) in [5.74, 6) is 0. The summed E-state index contributed by atoms with van der Waals surface area (Å²) in [5, 5.41) is 0. The number of benzene rings is 1. The summed E-state index contributed by atoms with van der Waals surface area (Å²) < 4.78 is 29.0. The average molecular weight is 242 g/mol. The Balaban J connectivity index is 3.18. The van der Waals surface area contributed by atoms with E-state index >= 15 is 0 Å². The third-order valence-corrected chi connectivity index (χ3v) is 3.38. The highest BCUT2D eigenvalue weighted by molar-refractivity contribution is 7.86. The van der Waals surface area contributed by atoms with E-state index in [1.807, 2.05) is 19.9 Å². The van der Waals surface area contributed by atoms with Crippen LogP contribution in [0.5, 0.6) is 0 Å². The summed E-state index contributed by atoms with van der Waals surface area (Å²) in [6.07, 6.45) is 0. The van der Waals surface area contributed by atoms with Crippen LogP contribution < -0.4 is 0 Å². The van der Waals surface area contributed by atoms with Crippen molar-refractivity contribution in [1.29, 1.82) is 0 Å². The van der Waals surface area contributed by atoms with Crippen molar-refractivity contribution >= 4 is 10.1 Å². The van der Waals surface area contributed by atoms with Gasteiger partial charge in [-0.05, 0) is 57.9 Å². The standard InChI is InChI=1S/C12H18O3S/c1-9-6-10(2)8-11(7-9)16(13,14)15-12(3,4)5/h6-8H,1-5H3. The van der Waals surface area contributed by atoms with Gasteiger partial charge in [0.15, 0.2) is 0 Å². The third kappa shape index (κ3) is 3.61. The van der Waals surface area contributed by atoms with Gasteiger partial charge < -0.3 is 0 Å². The Bertz CT molecular complexity index is 461. The first-order valence-corrected chi connectivity index (χ1v) is 6.55. The fraction of sp³-hybridized carbons (Fsp3) is 0.500. The zero-order valence-corrected chi connectivity index (χ0v) is 11.2. The highest BCUT2D eigenvalue weighted by Crippen LogP contribution is 2.21. The molecule has 1 aromatic carbocycles. The van der Waals surface area contributed by atoms with E-state index in [0.29, 0.717) is 0 Å². The molecule has 0 atom stereocenters. The second-order valence-electron chi connectivity index (χ2n) is 4.97. The van der Waals surface area contributed by atoms with Gasteiger partial charge >= 0.3 is 0 Å². The van der Waals surface area contributed by atoms with Crippen LogP contribution in [0.15, 0.2) is 23.1 Å². The van der Waals surface area contributed by atoms with E-state index < -0.39 is 15.7 Å². The Labute approximate surface area is 97.6 Å². The Kier molecular flexibility index (Phi) is 3.45. The first kappa shape index (κ1) is 13.2. The number of hydrogen-bond donors (Lipinski definition) is 0. The molecule has 0 aliphatic rings. The fourth-order valence-electron chi connectivity index (χ4n) is 1.45. The van der Waals surface area contributed by atoms with E-state index in [1.54, 1.807) is 32.9 Å². The molecule has 16 heavy (non-hydrogen) atoms. The molecule has 90 valence electrons. The molecule has 0 bridgehead atoms. The van der Waals surface area contributed by atoms with Gasteiger partial charge in [-0.25, -0.2) is 0 Å². The van der Waals surface area contributed by atoms with E-state index in [4.69, 9.17) is 4.18 Å². The van der Waals surface area contributed by atoms with Crippen LogP contribution in [0.2, 0.25) is 0 Å². The Morgan fingerprint density at radius 3 is 1.81 bits per heavy atom. The molecule has 0 aliphatic heterocycles. The minimum Gasteiger partial charge on any atom is -0.261 e. The molecular weight excluding hydrogens is 224 g/mol. The second-order valence-corrected chi connectivity index (χ2v) is 6.52. The van der Waals surface area contributed by atoms with E-state index in [1.165, 1.54) is 0 Å². The number of rotatable bonds is 2. The van der Waals surface area contributed by atoms with Gasteiger partial charge in [0.1, 0.15) is 0 Å². The predicted octanol–water partition coefficient (Wildman–Crippen LogP) is 2.81. The van der Waals surface area contributed by atoms with Crippen molar-refractivity contribution < 1.29 is 12.6 Å². The smallest absolute Gasteiger partial charge is 0.261 e. The highest BCUT2D eigenvalue weighted by Gasteiger charge is 2.24. The monoisotopic (exact) mass is 242 g/mol. The molecule has 0 saturated heterocycles. The van der Waals surface area contributed by atoms with Crippen molar-refractivity contribution in [2.75, 3.05) is 0 Å². The molecule has 3 nitrogen and oxygen atoms in total. The molecule has 0 heterocycles. The van der Waals surface area contributed by atoms with Crippen LogP contribution in [-0.2, 0) is 14.3 Å². The van der Waals surface area contributed by atoms with Crippen molar-refractivity contribution in [1.82, 2.24) is 0 Å². The van der Waals surface area contributed by atoms with Crippen LogP contribution in [0.3, 0.4) is 0 Å². The summed E-state index contributed by atoms with van der Waals surface area (Å²) >= 11 is 0. The summed E-state index contributed by atoms with van der Waals surface area (Å²) in [4.78, 5) is 0.222. The summed E-state index contributed by atoms with van der Waals surface area (Å²) in [7, 11) is -3.66. The van der Waals surface area contributed by atoms with Crippen molar-refractivity contribution in [2.24, 2.45) is 0 Å². The van der Waals surface area contributed by atoms with Crippen molar-refractivity contribution in [3.63, 3.8) is 0 Å². The normalized spacial score (nSPS) is 12.8. The van der Waals surface area contributed by atoms with Crippen LogP contribution in [-0.4, -0.2) is 14.0 Å².